The highest BCUT2D eigenvalue weighted by atomic mass is 15.3. The number of hydrogen-bond acceptors (Lipinski definition) is 2. The molecule has 0 bridgehead atoms. The third-order valence-electron chi connectivity index (χ3n) is 2.60. The Bertz CT molecular complexity index is 321. The molecule has 1 rings (SSSR count). The van der Waals surface area contributed by atoms with E-state index in [0.29, 0.717) is 11.9 Å². The number of hydrazine groups is 1. The molecule has 0 amide bonds. The summed E-state index contributed by atoms with van der Waals surface area (Å²) in [7, 11) is 1.70. The molecule has 0 aliphatic rings. The molecular formula is C12H20N4. The lowest BCUT2D eigenvalue weighted by Gasteiger charge is -2.13. The van der Waals surface area contributed by atoms with Gasteiger partial charge in [-0.1, -0.05) is 37.3 Å². The lowest BCUT2D eigenvalue weighted by molar-refractivity contribution is 0.654. The Balaban J connectivity index is 2.34. The highest BCUT2D eigenvalue weighted by Gasteiger charge is 2.04. The Morgan fingerprint density at radius 1 is 1.38 bits per heavy atom. The lowest BCUT2D eigenvalue weighted by Crippen LogP contribution is -2.41. The van der Waals surface area contributed by atoms with Crippen LogP contribution in [0.3, 0.4) is 0 Å². The highest BCUT2D eigenvalue weighted by Crippen LogP contribution is 2.17. The van der Waals surface area contributed by atoms with Crippen LogP contribution in [-0.4, -0.2) is 19.6 Å². The SMILES string of the molecule is CN=C(NN)NCCC(C)c1ccccc1. The van der Waals surface area contributed by atoms with E-state index in [1.807, 2.05) is 6.07 Å². The zero-order valence-corrected chi connectivity index (χ0v) is 9.90. The van der Waals surface area contributed by atoms with Crippen LogP contribution in [-0.2, 0) is 0 Å². The molecule has 1 aromatic carbocycles. The number of guanidine groups is 1. The summed E-state index contributed by atoms with van der Waals surface area (Å²) >= 11 is 0. The fourth-order valence-corrected chi connectivity index (χ4v) is 1.55. The van der Waals surface area contributed by atoms with Crippen molar-refractivity contribution in [1.82, 2.24) is 10.7 Å². The molecule has 4 nitrogen and oxygen atoms in total. The Morgan fingerprint density at radius 2 is 2.06 bits per heavy atom. The van der Waals surface area contributed by atoms with Gasteiger partial charge in [-0.05, 0) is 17.9 Å². The third kappa shape index (κ3) is 3.90. The first-order valence-corrected chi connectivity index (χ1v) is 5.50. The molecule has 0 radical (unpaired) electrons. The van der Waals surface area contributed by atoms with Crippen LogP contribution < -0.4 is 16.6 Å². The Labute approximate surface area is 96.9 Å². The quantitative estimate of drug-likeness (QED) is 0.309. The molecule has 0 saturated heterocycles. The lowest BCUT2D eigenvalue weighted by atomic mass is 9.98. The maximum Gasteiger partial charge on any atom is 0.205 e. The van der Waals surface area contributed by atoms with Gasteiger partial charge in [-0.2, -0.15) is 0 Å². The van der Waals surface area contributed by atoms with Crippen molar-refractivity contribution in [2.24, 2.45) is 10.8 Å². The molecule has 0 saturated carbocycles. The molecule has 0 spiro atoms. The van der Waals surface area contributed by atoms with Gasteiger partial charge >= 0.3 is 0 Å². The topological polar surface area (TPSA) is 62.4 Å². The van der Waals surface area contributed by atoms with Gasteiger partial charge in [0.25, 0.3) is 0 Å². The van der Waals surface area contributed by atoms with Gasteiger partial charge in [0, 0.05) is 13.6 Å². The van der Waals surface area contributed by atoms with Gasteiger partial charge in [-0.3, -0.25) is 10.4 Å². The van der Waals surface area contributed by atoms with Gasteiger partial charge in [0.1, 0.15) is 0 Å². The zero-order valence-electron chi connectivity index (χ0n) is 9.90. The van der Waals surface area contributed by atoms with E-state index >= 15 is 0 Å². The normalized spacial score (nSPS) is 13.3. The molecule has 0 aromatic heterocycles. The van der Waals surface area contributed by atoms with Gasteiger partial charge in [0.05, 0.1) is 0 Å². The van der Waals surface area contributed by atoms with Crippen LogP contribution in [0.15, 0.2) is 35.3 Å². The monoisotopic (exact) mass is 220 g/mol. The van der Waals surface area contributed by atoms with Crippen molar-refractivity contribution in [2.45, 2.75) is 19.3 Å². The Morgan fingerprint density at radius 3 is 2.62 bits per heavy atom. The van der Waals surface area contributed by atoms with E-state index in [1.165, 1.54) is 5.56 Å². The molecular weight excluding hydrogens is 200 g/mol. The molecule has 1 atom stereocenters. The van der Waals surface area contributed by atoms with Crippen molar-refractivity contribution < 1.29 is 0 Å². The van der Waals surface area contributed by atoms with Crippen LogP contribution in [0.2, 0.25) is 0 Å². The number of benzene rings is 1. The van der Waals surface area contributed by atoms with Gasteiger partial charge < -0.3 is 5.32 Å². The minimum atomic E-state index is 0.532. The highest BCUT2D eigenvalue weighted by molar-refractivity contribution is 5.78. The molecule has 0 fully saturated rings. The van der Waals surface area contributed by atoms with Crippen molar-refractivity contribution in [2.75, 3.05) is 13.6 Å². The zero-order chi connectivity index (χ0) is 11.8. The average Bonchev–Trinajstić information content (AvgIpc) is 2.35. The van der Waals surface area contributed by atoms with E-state index in [-0.39, 0.29) is 0 Å². The molecule has 0 aliphatic carbocycles. The predicted octanol–water partition coefficient (Wildman–Crippen LogP) is 1.22. The summed E-state index contributed by atoms with van der Waals surface area (Å²) in [6.45, 7) is 3.07. The van der Waals surface area contributed by atoms with Crippen molar-refractivity contribution in [3.8, 4) is 0 Å². The molecule has 4 heteroatoms. The Hall–Kier alpha value is -1.55. The number of aliphatic imine (C=N–C) groups is 1. The first kappa shape index (κ1) is 12.5. The van der Waals surface area contributed by atoms with E-state index in [0.717, 1.165) is 13.0 Å². The number of hydrogen-bond donors (Lipinski definition) is 3. The second-order valence-electron chi connectivity index (χ2n) is 3.74. The second kappa shape index (κ2) is 6.85. The standard InChI is InChI=1S/C12H20N4/c1-10(11-6-4-3-5-7-11)8-9-15-12(14-2)16-13/h3-7,10H,8-9,13H2,1-2H3,(H2,14,15,16). The first-order chi connectivity index (χ1) is 7.77. The average molecular weight is 220 g/mol. The molecule has 88 valence electrons. The van der Waals surface area contributed by atoms with Crippen LogP contribution >= 0.6 is 0 Å². The summed E-state index contributed by atoms with van der Waals surface area (Å²) in [6, 6.07) is 10.5. The van der Waals surface area contributed by atoms with Crippen molar-refractivity contribution in [3.05, 3.63) is 35.9 Å². The van der Waals surface area contributed by atoms with E-state index in [4.69, 9.17) is 5.84 Å². The minimum absolute atomic E-state index is 0.532. The maximum absolute atomic E-state index is 5.27. The van der Waals surface area contributed by atoms with E-state index in [9.17, 15) is 0 Å². The third-order valence-corrected chi connectivity index (χ3v) is 2.60. The van der Waals surface area contributed by atoms with Crippen molar-refractivity contribution in [1.29, 1.82) is 0 Å². The smallest absolute Gasteiger partial charge is 0.205 e. The summed E-state index contributed by atoms with van der Waals surface area (Å²) in [5, 5.41) is 3.13. The summed E-state index contributed by atoms with van der Waals surface area (Å²) in [4.78, 5) is 3.95. The van der Waals surface area contributed by atoms with Crippen molar-refractivity contribution >= 4 is 5.96 Å². The second-order valence-corrected chi connectivity index (χ2v) is 3.74. The van der Waals surface area contributed by atoms with Gasteiger partial charge in [0.15, 0.2) is 0 Å². The Kier molecular flexibility index (Phi) is 5.36. The van der Waals surface area contributed by atoms with E-state index in [2.05, 4.69) is 46.9 Å². The van der Waals surface area contributed by atoms with Crippen LogP contribution in [0, 0.1) is 0 Å². The number of rotatable bonds is 4. The van der Waals surface area contributed by atoms with E-state index in [1.54, 1.807) is 7.05 Å². The fraction of sp³-hybridized carbons (Fsp3) is 0.417. The van der Waals surface area contributed by atoms with Gasteiger partial charge in [-0.15, -0.1) is 0 Å². The van der Waals surface area contributed by atoms with Crippen LogP contribution in [0.1, 0.15) is 24.8 Å². The van der Waals surface area contributed by atoms with Gasteiger partial charge in [0.2, 0.25) is 5.96 Å². The summed E-state index contributed by atoms with van der Waals surface area (Å²) < 4.78 is 0. The maximum atomic E-state index is 5.27. The van der Waals surface area contributed by atoms with Gasteiger partial charge in [-0.25, -0.2) is 5.84 Å². The number of nitrogens with two attached hydrogens (primary N) is 1. The molecule has 0 aliphatic heterocycles. The van der Waals surface area contributed by atoms with E-state index < -0.39 is 0 Å². The summed E-state index contributed by atoms with van der Waals surface area (Å²) in [5.41, 5.74) is 3.87. The molecule has 0 heterocycles. The molecule has 1 aromatic rings. The number of nitrogens with zero attached hydrogens (tertiary/aromatic N) is 1. The van der Waals surface area contributed by atoms with Crippen LogP contribution in [0.4, 0.5) is 0 Å². The fourth-order valence-electron chi connectivity index (χ4n) is 1.55. The molecule has 16 heavy (non-hydrogen) atoms. The van der Waals surface area contributed by atoms with Crippen molar-refractivity contribution in [3.63, 3.8) is 0 Å². The summed E-state index contributed by atoms with van der Waals surface area (Å²) in [5.74, 6) is 6.43. The van der Waals surface area contributed by atoms with Crippen LogP contribution in [0.5, 0.6) is 0 Å². The first-order valence-electron chi connectivity index (χ1n) is 5.50. The molecule has 1 unspecified atom stereocenters. The largest absolute Gasteiger partial charge is 0.355 e. The number of nitrogens with one attached hydrogen (secondary N) is 2. The van der Waals surface area contributed by atoms with Crippen LogP contribution in [0.25, 0.3) is 0 Å². The summed E-state index contributed by atoms with van der Waals surface area (Å²) in [6.07, 6.45) is 1.05. The minimum Gasteiger partial charge on any atom is -0.355 e. The predicted molar refractivity (Wildman–Crippen MR) is 68.2 cm³/mol. The molecule has 4 N–H and O–H groups in total.